The summed E-state index contributed by atoms with van der Waals surface area (Å²) in [7, 11) is 1.73. The molecule has 0 aliphatic heterocycles. The van der Waals surface area contributed by atoms with Crippen molar-refractivity contribution in [1.29, 1.82) is 0 Å². The fourth-order valence-corrected chi connectivity index (χ4v) is 3.27. The Balaban J connectivity index is 1.95. The number of nitrogens with one attached hydrogen (secondary N) is 1. The van der Waals surface area contributed by atoms with Crippen molar-refractivity contribution < 1.29 is 4.74 Å². The van der Waals surface area contributed by atoms with Crippen molar-refractivity contribution in [2.24, 2.45) is 0 Å². The van der Waals surface area contributed by atoms with Crippen molar-refractivity contribution in [2.45, 2.75) is 26.4 Å². The van der Waals surface area contributed by atoms with Gasteiger partial charge in [0.15, 0.2) is 0 Å². The predicted octanol–water partition coefficient (Wildman–Crippen LogP) is 3.66. The number of imidazole rings is 1. The first kappa shape index (κ1) is 14.6. The molecule has 4 nitrogen and oxygen atoms in total. The zero-order valence-corrected chi connectivity index (χ0v) is 13.6. The minimum Gasteiger partial charge on any atom is -0.385 e. The van der Waals surface area contributed by atoms with E-state index in [0.29, 0.717) is 0 Å². The second-order valence-corrected chi connectivity index (χ2v) is 6.85. The fourth-order valence-electron chi connectivity index (χ4n) is 1.85. The monoisotopic (exact) mass is 343 g/mol. The molecule has 0 atom stereocenters. The van der Waals surface area contributed by atoms with Crippen molar-refractivity contribution >= 4 is 33.2 Å². The van der Waals surface area contributed by atoms with Crippen LogP contribution in [0, 0.1) is 6.92 Å². The van der Waals surface area contributed by atoms with Crippen molar-refractivity contribution in [1.82, 2.24) is 9.55 Å². The van der Waals surface area contributed by atoms with E-state index in [1.54, 1.807) is 18.4 Å². The van der Waals surface area contributed by atoms with Gasteiger partial charge < -0.3 is 14.6 Å². The lowest BCUT2D eigenvalue weighted by Gasteiger charge is -2.08. The van der Waals surface area contributed by atoms with Gasteiger partial charge >= 0.3 is 0 Å². The number of ether oxygens (including phenoxy) is 1. The zero-order valence-electron chi connectivity index (χ0n) is 11.1. The van der Waals surface area contributed by atoms with Gasteiger partial charge in [-0.1, -0.05) is 0 Å². The Labute approximate surface area is 125 Å². The van der Waals surface area contributed by atoms with Crippen LogP contribution in [0.25, 0.3) is 0 Å². The van der Waals surface area contributed by atoms with Gasteiger partial charge in [0.2, 0.25) is 5.95 Å². The molecule has 0 saturated carbocycles. The lowest BCUT2D eigenvalue weighted by molar-refractivity contribution is 0.190. The van der Waals surface area contributed by atoms with Crippen LogP contribution >= 0.6 is 27.3 Å². The molecule has 2 aromatic rings. The second-order valence-electron chi connectivity index (χ2n) is 4.31. The number of aryl methyl sites for hydroxylation is 2. The minimum atomic E-state index is 0.772. The Kier molecular flexibility index (Phi) is 5.42. The first-order chi connectivity index (χ1) is 9.19. The van der Waals surface area contributed by atoms with E-state index in [-0.39, 0.29) is 0 Å². The lowest BCUT2D eigenvalue weighted by Crippen LogP contribution is -2.07. The SMILES string of the molecule is COCCCn1cc(C)nc1NCc1ccc(Br)s1. The summed E-state index contributed by atoms with van der Waals surface area (Å²) < 4.78 is 8.39. The molecule has 0 spiro atoms. The molecule has 104 valence electrons. The molecule has 6 heteroatoms. The Bertz CT molecular complexity index is 524. The summed E-state index contributed by atoms with van der Waals surface area (Å²) in [6.07, 6.45) is 3.06. The lowest BCUT2D eigenvalue weighted by atomic mass is 10.4. The summed E-state index contributed by atoms with van der Waals surface area (Å²) >= 11 is 5.21. The average Bonchev–Trinajstić information content (AvgIpc) is 2.94. The normalized spacial score (nSPS) is 10.9. The fraction of sp³-hybridized carbons (Fsp3) is 0.462. The molecule has 2 rings (SSSR count). The first-order valence-corrected chi connectivity index (χ1v) is 7.81. The van der Waals surface area contributed by atoms with E-state index in [1.165, 1.54) is 4.88 Å². The maximum atomic E-state index is 5.08. The molecule has 2 aromatic heterocycles. The highest BCUT2D eigenvalue weighted by atomic mass is 79.9. The summed E-state index contributed by atoms with van der Waals surface area (Å²) in [5.41, 5.74) is 1.03. The number of nitrogens with zero attached hydrogens (tertiary/aromatic N) is 2. The van der Waals surface area contributed by atoms with Crippen LogP contribution in [0.1, 0.15) is 17.0 Å². The van der Waals surface area contributed by atoms with Crippen LogP contribution in [0.4, 0.5) is 5.95 Å². The van der Waals surface area contributed by atoms with Crippen molar-refractivity contribution in [3.05, 3.63) is 32.7 Å². The molecule has 0 bridgehead atoms. The summed E-state index contributed by atoms with van der Waals surface area (Å²) in [6, 6.07) is 4.19. The van der Waals surface area contributed by atoms with Crippen LogP contribution in [0.15, 0.2) is 22.1 Å². The molecule has 0 unspecified atom stereocenters. The maximum Gasteiger partial charge on any atom is 0.203 e. The topological polar surface area (TPSA) is 39.1 Å². The van der Waals surface area contributed by atoms with Crippen LogP contribution in [-0.2, 0) is 17.8 Å². The van der Waals surface area contributed by atoms with Crippen LogP contribution < -0.4 is 5.32 Å². The quantitative estimate of drug-likeness (QED) is 0.779. The molecular weight excluding hydrogens is 326 g/mol. The summed E-state index contributed by atoms with van der Waals surface area (Å²) in [5, 5.41) is 3.39. The number of anilines is 1. The number of hydrogen-bond donors (Lipinski definition) is 1. The molecule has 19 heavy (non-hydrogen) atoms. The number of thiophene rings is 1. The first-order valence-electron chi connectivity index (χ1n) is 6.20. The van der Waals surface area contributed by atoms with Crippen molar-refractivity contribution in [3.63, 3.8) is 0 Å². The molecule has 0 aliphatic rings. The van der Waals surface area contributed by atoms with Gasteiger partial charge in [-0.25, -0.2) is 4.98 Å². The average molecular weight is 344 g/mol. The van der Waals surface area contributed by atoms with Gasteiger partial charge in [-0.2, -0.15) is 0 Å². The van der Waals surface area contributed by atoms with E-state index in [0.717, 1.165) is 41.5 Å². The van der Waals surface area contributed by atoms with Crippen LogP contribution in [0.3, 0.4) is 0 Å². The minimum absolute atomic E-state index is 0.772. The Morgan fingerprint density at radius 3 is 3.00 bits per heavy atom. The van der Waals surface area contributed by atoms with Crippen molar-refractivity contribution in [2.75, 3.05) is 19.0 Å². The van der Waals surface area contributed by atoms with Crippen LogP contribution in [-0.4, -0.2) is 23.3 Å². The largest absolute Gasteiger partial charge is 0.385 e. The van der Waals surface area contributed by atoms with Gasteiger partial charge in [-0.3, -0.25) is 0 Å². The molecule has 0 radical (unpaired) electrons. The highest BCUT2D eigenvalue weighted by molar-refractivity contribution is 9.11. The van der Waals surface area contributed by atoms with Gasteiger partial charge in [0.1, 0.15) is 0 Å². The number of rotatable bonds is 7. The third-order valence-electron chi connectivity index (χ3n) is 2.69. The molecule has 0 fully saturated rings. The van der Waals surface area contributed by atoms with Gasteiger partial charge in [-0.15, -0.1) is 11.3 Å². The van der Waals surface area contributed by atoms with E-state index in [4.69, 9.17) is 4.74 Å². The number of aromatic nitrogens is 2. The van der Waals surface area contributed by atoms with E-state index >= 15 is 0 Å². The third-order valence-corrected chi connectivity index (χ3v) is 4.32. The Morgan fingerprint density at radius 1 is 1.47 bits per heavy atom. The molecular formula is C13H18BrN3OS. The van der Waals surface area contributed by atoms with E-state index < -0.39 is 0 Å². The van der Waals surface area contributed by atoms with E-state index in [1.807, 2.05) is 6.92 Å². The summed E-state index contributed by atoms with van der Waals surface area (Å²) in [6.45, 7) is 4.51. The number of hydrogen-bond acceptors (Lipinski definition) is 4. The summed E-state index contributed by atoms with van der Waals surface area (Å²) in [4.78, 5) is 5.80. The maximum absolute atomic E-state index is 5.08. The Hall–Kier alpha value is -0.850. The highest BCUT2D eigenvalue weighted by Crippen LogP contribution is 2.22. The molecule has 0 aliphatic carbocycles. The molecule has 2 heterocycles. The van der Waals surface area contributed by atoms with Crippen LogP contribution in [0.5, 0.6) is 0 Å². The second kappa shape index (κ2) is 7.07. The highest BCUT2D eigenvalue weighted by Gasteiger charge is 2.06. The zero-order chi connectivity index (χ0) is 13.7. The standard InChI is InChI=1S/C13H18BrN3OS/c1-10-9-17(6-3-7-18-2)13(16-10)15-8-11-4-5-12(14)19-11/h4-5,9H,3,6-8H2,1-2H3,(H,15,16). The number of methoxy groups -OCH3 is 1. The molecule has 1 N–H and O–H groups in total. The van der Waals surface area contributed by atoms with E-state index in [9.17, 15) is 0 Å². The van der Waals surface area contributed by atoms with Gasteiger partial charge in [0, 0.05) is 31.3 Å². The molecule has 0 amide bonds. The van der Waals surface area contributed by atoms with Gasteiger partial charge in [0.05, 0.1) is 16.0 Å². The molecule has 0 saturated heterocycles. The molecule has 0 aromatic carbocycles. The van der Waals surface area contributed by atoms with E-state index in [2.05, 4.69) is 49.1 Å². The van der Waals surface area contributed by atoms with Gasteiger partial charge in [0.25, 0.3) is 0 Å². The van der Waals surface area contributed by atoms with Crippen molar-refractivity contribution in [3.8, 4) is 0 Å². The predicted molar refractivity (Wildman–Crippen MR) is 82.8 cm³/mol. The summed E-state index contributed by atoms with van der Waals surface area (Å²) in [5.74, 6) is 0.929. The van der Waals surface area contributed by atoms with Gasteiger partial charge in [-0.05, 0) is 41.4 Å². The Morgan fingerprint density at radius 2 is 2.32 bits per heavy atom. The number of halogens is 1. The third kappa shape index (κ3) is 4.33. The smallest absolute Gasteiger partial charge is 0.203 e. The van der Waals surface area contributed by atoms with Crippen LogP contribution in [0.2, 0.25) is 0 Å².